The Balaban J connectivity index is 2.76. The molecule has 3 nitrogen and oxygen atoms in total. The van der Waals surface area contributed by atoms with E-state index in [1.54, 1.807) is 13.2 Å². The standard InChI is InChI=1S/C11H14BrF3N2OS/c1-7(19(2)18)3-4-16-10-9(11(13,14)15)5-8(12)6-17-10/h5-7H,3-4H2,1-2H3,(H,16,17). The Morgan fingerprint density at radius 1 is 1.53 bits per heavy atom. The minimum Gasteiger partial charge on any atom is -0.370 e. The van der Waals surface area contributed by atoms with Crippen molar-refractivity contribution < 1.29 is 17.4 Å². The third-order valence-corrected chi connectivity index (χ3v) is 4.37. The molecule has 1 rings (SSSR count). The fraction of sp³-hybridized carbons (Fsp3) is 0.545. The van der Waals surface area contributed by atoms with Crippen LogP contribution in [0.3, 0.4) is 0 Å². The number of pyridine rings is 1. The van der Waals surface area contributed by atoms with Crippen molar-refractivity contribution in [1.29, 1.82) is 0 Å². The Hall–Kier alpha value is -0.630. The Labute approximate surface area is 120 Å². The van der Waals surface area contributed by atoms with Crippen LogP contribution in [0.2, 0.25) is 0 Å². The fourth-order valence-corrected chi connectivity index (χ4v) is 2.14. The molecular formula is C11H14BrF3N2OS. The molecule has 0 saturated heterocycles. The third kappa shape index (κ3) is 5.10. The summed E-state index contributed by atoms with van der Waals surface area (Å²) >= 11 is 2.97. The number of aromatic nitrogens is 1. The van der Waals surface area contributed by atoms with Crippen LogP contribution in [0.1, 0.15) is 18.9 Å². The molecule has 0 fully saturated rings. The van der Waals surface area contributed by atoms with E-state index in [1.807, 2.05) is 0 Å². The molecule has 19 heavy (non-hydrogen) atoms. The number of halogens is 4. The van der Waals surface area contributed by atoms with Gasteiger partial charge in [-0.05, 0) is 28.4 Å². The average Bonchev–Trinajstić information content (AvgIpc) is 2.29. The summed E-state index contributed by atoms with van der Waals surface area (Å²) in [5, 5.41) is 2.57. The lowest BCUT2D eigenvalue weighted by Crippen LogP contribution is -2.17. The summed E-state index contributed by atoms with van der Waals surface area (Å²) in [4.78, 5) is 3.73. The largest absolute Gasteiger partial charge is 0.419 e. The van der Waals surface area contributed by atoms with Crippen LogP contribution in [0, 0.1) is 0 Å². The van der Waals surface area contributed by atoms with Gasteiger partial charge in [-0.3, -0.25) is 4.21 Å². The van der Waals surface area contributed by atoms with E-state index in [9.17, 15) is 17.4 Å². The van der Waals surface area contributed by atoms with Crippen molar-refractivity contribution in [3.05, 3.63) is 22.3 Å². The highest BCUT2D eigenvalue weighted by atomic mass is 79.9. The minimum atomic E-state index is -4.46. The first-order valence-corrected chi connectivity index (χ1v) is 7.92. The first kappa shape index (κ1) is 16.4. The molecule has 0 bridgehead atoms. The summed E-state index contributed by atoms with van der Waals surface area (Å²) < 4.78 is 49.8. The topological polar surface area (TPSA) is 42.0 Å². The van der Waals surface area contributed by atoms with Crippen molar-refractivity contribution in [3.8, 4) is 0 Å². The maximum atomic E-state index is 12.8. The van der Waals surface area contributed by atoms with Crippen LogP contribution in [0.5, 0.6) is 0 Å². The van der Waals surface area contributed by atoms with Crippen LogP contribution in [-0.2, 0) is 17.0 Å². The summed E-state index contributed by atoms with van der Waals surface area (Å²) in [7, 11) is -0.984. The van der Waals surface area contributed by atoms with Gasteiger partial charge in [0.1, 0.15) is 5.82 Å². The van der Waals surface area contributed by atoms with Gasteiger partial charge in [-0.2, -0.15) is 13.2 Å². The smallest absolute Gasteiger partial charge is 0.370 e. The average molecular weight is 359 g/mol. The van der Waals surface area contributed by atoms with E-state index in [0.29, 0.717) is 13.0 Å². The molecule has 2 atom stereocenters. The molecule has 8 heteroatoms. The number of hydrogen-bond acceptors (Lipinski definition) is 3. The SMILES string of the molecule is CC(CCNc1ncc(Br)cc1C(F)(F)F)S(C)=O. The van der Waals surface area contributed by atoms with E-state index in [2.05, 4.69) is 26.2 Å². The highest BCUT2D eigenvalue weighted by Gasteiger charge is 2.34. The van der Waals surface area contributed by atoms with Gasteiger partial charge in [-0.1, -0.05) is 6.92 Å². The number of rotatable bonds is 5. The van der Waals surface area contributed by atoms with Crippen LogP contribution >= 0.6 is 15.9 Å². The van der Waals surface area contributed by atoms with Gasteiger partial charge in [0.15, 0.2) is 0 Å². The number of nitrogens with zero attached hydrogens (tertiary/aromatic N) is 1. The van der Waals surface area contributed by atoms with E-state index in [-0.39, 0.29) is 15.5 Å². The van der Waals surface area contributed by atoms with Crippen molar-refractivity contribution in [2.45, 2.75) is 24.8 Å². The molecule has 0 radical (unpaired) electrons. The van der Waals surface area contributed by atoms with Crippen molar-refractivity contribution in [3.63, 3.8) is 0 Å². The van der Waals surface area contributed by atoms with Crippen molar-refractivity contribution >= 4 is 32.5 Å². The highest BCUT2D eigenvalue weighted by Crippen LogP contribution is 2.35. The molecule has 1 heterocycles. The van der Waals surface area contributed by atoms with Gasteiger partial charge in [0.05, 0.1) is 5.56 Å². The number of alkyl halides is 3. The molecule has 1 N–H and O–H groups in total. The molecule has 0 saturated carbocycles. The van der Waals surface area contributed by atoms with Crippen LogP contribution in [0.25, 0.3) is 0 Å². The highest BCUT2D eigenvalue weighted by molar-refractivity contribution is 9.10. The zero-order chi connectivity index (χ0) is 14.6. The maximum Gasteiger partial charge on any atom is 0.419 e. The van der Waals surface area contributed by atoms with Gasteiger partial charge in [0, 0.05) is 39.5 Å². The number of anilines is 1. The van der Waals surface area contributed by atoms with Gasteiger partial charge in [-0.25, -0.2) is 4.98 Å². The summed E-state index contributed by atoms with van der Waals surface area (Å²) in [6, 6.07) is 0.983. The minimum absolute atomic E-state index is 0.0720. The second kappa shape index (κ2) is 6.69. The van der Waals surface area contributed by atoms with Gasteiger partial charge in [-0.15, -0.1) is 0 Å². The van der Waals surface area contributed by atoms with Gasteiger partial charge in [0.2, 0.25) is 0 Å². The van der Waals surface area contributed by atoms with Crippen LogP contribution < -0.4 is 5.32 Å². The monoisotopic (exact) mass is 358 g/mol. The second-order valence-electron chi connectivity index (χ2n) is 4.07. The van der Waals surface area contributed by atoms with Crippen LogP contribution in [-0.4, -0.2) is 27.2 Å². The van der Waals surface area contributed by atoms with Crippen molar-refractivity contribution in [1.82, 2.24) is 4.98 Å². The maximum absolute atomic E-state index is 12.8. The Bertz CT molecular complexity index is 468. The van der Waals surface area contributed by atoms with E-state index >= 15 is 0 Å². The normalized spacial score (nSPS) is 15.1. The number of nitrogens with one attached hydrogen (secondary N) is 1. The molecule has 1 aromatic rings. The predicted molar refractivity (Wildman–Crippen MR) is 73.6 cm³/mol. The second-order valence-corrected chi connectivity index (χ2v) is 6.79. The van der Waals surface area contributed by atoms with Crippen molar-refractivity contribution in [2.24, 2.45) is 0 Å². The molecular weight excluding hydrogens is 345 g/mol. The Morgan fingerprint density at radius 2 is 2.16 bits per heavy atom. The summed E-state index contributed by atoms with van der Waals surface area (Å²) in [6.45, 7) is 2.08. The van der Waals surface area contributed by atoms with Crippen LogP contribution in [0.15, 0.2) is 16.7 Å². The molecule has 0 aliphatic rings. The van der Waals surface area contributed by atoms with E-state index in [0.717, 1.165) is 6.07 Å². The molecule has 108 valence electrons. The summed E-state index contributed by atoms with van der Waals surface area (Å²) in [5.74, 6) is -0.204. The fourth-order valence-electron chi connectivity index (χ4n) is 1.36. The first-order valence-electron chi connectivity index (χ1n) is 5.50. The number of hydrogen-bond donors (Lipinski definition) is 1. The molecule has 2 unspecified atom stereocenters. The lowest BCUT2D eigenvalue weighted by atomic mass is 10.2. The van der Waals surface area contributed by atoms with E-state index in [1.165, 1.54) is 6.20 Å². The molecule has 0 aliphatic carbocycles. The van der Waals surface area contributed by atoms with E-state index < -0.39 is 22.5 Å². The van der Waals surface area contributed by atoms with Crippen LogP contribution in [0.4, 0.5) is 19.0 Å². The molecule has 0 aliphatic heterocycles. The van der Waals surface area contributed by atoms with Gasteiger partial charge < -0.3 is 5.32 Å². The zero-order valence-corrected chi connectivity index (χ0v) is 12.8. The van der Waals surface area contributed by atoms with E-state index in [4.69, 9.17) is 0 Å². The Kier molecular flexibility index (Phi) is 5.79. The molecule has 0 spiro atoms. The Morgan fingerprint density at radius 3 is 2.68 bits per heavy atom. The van der Waals surface area contributed by atoms with Gasteiger partial charge >= 0.3 is 6.18 Å². The van der Waals surface area contributed by atoms with Gasteiger partial charge in [0.25, 0.3) is 0 Å². The first-order chi connectivity index (χ1) is 8.71. The molecule has 0 aromatic carbocycles. The van der Waals surface area contributed by atoms with Crippen molar-refractivity contribution in [2.75, 3.05) is 18.1 Å². The molecule has 0 amide bonds. The quantitative estimate of drug-likeness (QED) is 0.876. The summed E-state index contributed by atoms with van der Waals surface area (Å²) in [5.41, 5.74) is -0.813. The summed E-state index contributed by atoms with van der Waals surface area (Å²) in [6.07, 6.45) is -1.07. The third-order valence-electron chi connectivity index (χ3n) is 2.57. The molecule has 1 aromatic heterocycles. The lowest BCUT2D eigenvalue weighted by Gasteiger charge is -2.15. The lowest BCUT2D eigenvalue weighted by molar-refractivity contribution is -0.137. The predicted octanol–water partition coefficient (Wildman–Crippen LogP) is 3.43. The zero-order valence-electron chi connectivity index (χ0n) is 10.4.